The molecule has 0 heterocycles. The molecule has 8 heteroatoms. The van der Waals surface area contributed by atoms with Gasteiger partial charge in [-0.05, 0) is 75.3 Å². The summed E-state index contributed by atoms with van der Waals surface area (Å²) in [5, 5.41) is 26.6. The molecule has 2 aliphatic carbocycles. The monoisotopic (exact) mass is 682 g/mol. The number of carboxylic acids is 1. The summed E-state index contributed by atoms with van der Waals surface area (Å²) >= 11 is 0. The van der Waals surface area contributed by atoms with Gasteiger partial charge in [0, 0.05) is 11.6 Å². The van der Waals surface area contributed by atoms with Crippen LogP contribution in [0, 0.1) is 11.8 Å². The predicted molar refractivity (Wildman–Crippen MR) is 194 cm³/mol. The molecule has 0 radical (unpaired) electrons. The van der Waals surface area contributed by atoms with Gasteiger partial charge in [0.1, 0.15) is 6.10 Å². The number of ether oxygens (including phenoxy) is 2. The van der Waals surface area contributed by atoms with Gasteiger partial charge in [-0.2, -0.15) is 0 Å². The average molecular weight is 683 g/mol. The number of aliphatic carboxylic acids is 1. The summed E-state index contributed by atoms with van der Waals surface area (Å²) in [4.78, 5) is 26.4. The van der Waals surface area contributed by atoms with Gasteiger partial charge < -0.3 is 19.7 Å². The molecule has 0 aliphatic heterocycles. The van der Waals surface area contributed by atoms with Crippen molar-refractivity contribution < 1.29 is 29.3 Å². The molecule has 2 N–H and O–H groups in total. The number of esters is 1. The van der Waals surface area contributed by atoms with Crippen LogP contribution in [-0.2, 0) is 19.1 Å². The van der Waals surface area contributed by atoms with Crippen LogP contribution >= 0.6 is 15.8 Å². The summed E-state index contributed by atoms with van der Waals surface area (Å²) in [7, 11) is -1.65. The highest BCUT2D eigenvalue weighted by Crippen LogP contribution is 2.52. The van der Waals surface area contributed by atoms with E-state index in [9.17, 15) is 19.8 Å². The molecule has 2 saturated carbocycles. The first-order chi connectivity index (χ1) is 23.4. The quantitative estimate of drug-likeness (QED) is 0.0976. The standard InChI is InChI=1S/C40H44O6P2/c1-28(45-39(43)33-24-14-26-35(33)47(29-16-6-2-7-17-29)30-18-8-3-9-19-30)37(38(41)42)46-40(44)34-25-15-27-36(34)48(31-20-10-4-11-21-31)32-22-12-5-13-23-32/h2-13,16-23,28,33-37,39,43H,14-15,24-27H2,1H3,(H,41,42). The number of carbonyl (C=O) groups excluding carboxylic acids is 1. The van der Waals surface area contributed by atoms with Gasteiger partial charge in [-0.1, -0.05) is 134 Å². The Hall–Kier alpha value is -3.40. The van der Waals surface area contributed by atoms with E-state index in [0.29, 0.717) is 6.42 Å². The number of hydrogen-bond donors (Lipinski definition) is 2. The fraction of sp³-hybridized carbons (Fsp3) is 0.350. The lowest BCUT2D eigenvalue weighted by Gasteiger charge is -2.34. The minimum Gasteiger partial charge on any atom is -0.478 e. The highest BCUT2D eigenvalue weighted by molar-refractivity contribution is 7.74. The molecule has 4 aromatic rings. The van der Waals surface area contributed by atoms with Crippen molar-refractivity contribution in [2.24, 2.45) is 11.8 Å². The Morgan fingerprint density at radius 2 is 1.06 bits per heavy atom. The summed E-state index contributed by atoms with van der Waals surface area (Å²) < 4.78 is 11.9. The van der Waals surface area contributed by atoms with E-state index in [1.807, 2.05) is 48.5 Å². The zero-order valence-electron chi connectivity index (χ0n) is 27.3. The number of benzene rings is 4. The number of aliphatic hydroxyl groups is 1. The lowest BCUT2D eigenvalue weighted by Crippen LogP contribution is -2.44. The zero-order chi connectivity index (χ0) is 33.5. The molecule has 7 unspecified atom stereocenters. The number of carboxylic acid groups (broad SMARTS) is 1. The third kappa shape index (κ3) is 7.90. The second kappa shape index (κ2) is 16.3. The Balaban J connectivity index is 1.17. The largest absolute Gasteiger partial charge is 0.478 e. The summed E-state index contributed by atoms with van der Waals surface area (Å²) in [6.45, 7) is 1.59. The fourth-order valence-corrected chi connectivity index (χ4v) is 13.8. The smallest absolute Gasteiger partial charge is 0.347 e. The fourth-order valence-electron chi connectivity index (χ4n) is 7.52. The van der Waals surface area contributed by atoms with E-state index in [1.165, 1.54) is 21.2 Å². The summed E-state index contributed by atoms with van der Waals surface area (Å²) in [5.41, 5.74) is 0.190. The van der Waals surface area contributed by atoms with E-state index >= 15 is 0 Å². The lowest BCUT2D eigenvalue weighted by atomic mass is 10.1. The van der Waals surface area contributed by atoms with Crippen molar-refractivity contribution in [2.75, 3.05) is 0 Å². The van der Waals surface area contributed by atoms with Crippen LogP contribution in [0.15, 0.2) is 121 Å². The third-order valence-electron chi connectivity index (χ3n) is 9.75. The molecule has 2 fully saturated rings. The first-order valence-corrected chi connectivity index (χ1v) is 19.8. The van der Waals surface area contributed by atoms with E-state index in [4.69, 9.17) is 9.47 Å². The number of rotatable bonds is 13. The SMILES string of the molecule is CC(OC(O)C1CCCC1P(c1ccccc1)c1ccccc1)C(OC(=O)C1CCCC1P(c1ccccc1)c1ccccc1)C(=O)O. The summed E-state index contributed by atoms with van der Waals surface area (Å²) in [5.74, 6) is -2.37. The third-order valence-corrected chi connectivity index (χ3v) is 15.8. The topological polar surface area (TPSA) is 93.1 Å². The molecule has 0 bridgehead atoms. The van der Waals surface area contributed by atoms with Crippen molar-refractivity contribution in [2.45, 2.75) is 75.3 Å². The molecule has 4 aromatic carbocycles. The molecule has 7 atom stereocenters. The molecular formula is C40H44O6P2. The van der Waals surface area contributed by atoms with Gasteiger partial charge in [-0.25, -0.2) is 4.79 Å². The maximum absolute atomic E-state index is 13.8. The Bertz CT molecular complexity index is 1530. The van der Waals surface area contributed by atoms with Crippen LogP contribution in [0.3, 0.4) is 0 Å². The van der Waals surface area contributed by atoms with Gasteiger partial charge in [0.05, 0.1) is 5.92 Å². The molecule has 6 nitrogen and oxygen atoms in total. The van der Waals surface area contributed by atoms with Crippen molar-refractivity contribution in [1.29, 1.82) is 0 Å². The van der Waals surface area contributed by atoms with Crippen LogP contribution in [0.5, 0.6) is 0 Å². The number of aliphatic hydroxyl groups excluding tert-OH is 1. The molecule has 0 spiro atoms. The molecule has 0 saturated heterocycles. The second-order valence-corrected chi connectivity index (χ2v) is 17.6. The molecule has 2 aliphatic rings. The number of hydrogen-bond acceptors (Lipinski definition) is 5. The maximum atomic E-state index is 13.8. The first kappa shape index (κ1) is 34.5. The van der Waals surface area contributed by atoms with Crippen molar-refractivity contribution in [1.82, 2.24) is 0 Å². The molecule has 48 heavy (non-hydrogen) atoms. The van der Waals surface area contributed by atoms with Crippen molar-refractivity contribution >= 4 is 49.0 Å². The average Bonchev–Trinajstić information content (AvgIpc) is 3.80. The Morgan fingerprint density at radius 1 is 0.646 bits per heavy atom. The normalized spacial score (nSPS) is 22.8. The van der Waals surface area contributed by atoms with Crippen molar-refractivity contribution in [3.05, 3.63) is 121 Å². The van der Waals surface area contributed by atoms with Crippen LogP contribution < -0.4 is 21.2 Å². The van der Waals surface area contributed by atoms with E-state index in [2.05, 4.69) is 72.8 Å². The van der Waals surface area contributed by atoms with Gasteiger partial charge >= 0.3 is 11.9 Å². The van der Waals surface area contributed by atoms with Crippen LogP contribution in [0.25, 0.3) is 0 Å². The van der Waals surface area contributed by atoms with E-state index < -0.39 is 52.2 Å². The van der Waals surface area contributed by atoms with Crippen LogP contribution in [0.4, 0.5) is 0 Å². The minimum absolute atomic E-state index is 0.0306. The Morgan fingerprint density at radius 3 is 1.52 bits per heavy atom. The molecule has 0 amide bonds. The van der Waals surface area contributed by atoms with Gasteiger partial charge in [-0.15, -0.1) is 0 Å². The van der Waals surface area contributed by atoms with E-state index in [1.54, 1.807) is 6.92 Å². The summed E-state index contributed by atoms with van der Waals surface area (Å²) in [6, 6.07) is 41.4. The van der Waals surface area contributed by atoms with Gasteiger partial charge in [0.2, 0.25) is 6.10 Å². The Kier molecular flexibility index (Phi) is 11.7. The zero-order valence-corrected chi connectivity index (χ0v) is 29.0. The van der Waals surface area contributed by atoms with Crippen LogP contribution in [-0.4, -0.2) is 52.0 Å². The minimum atomic E-state index is -1.53. The molecule has 6 rings (SSSR count). The van der Waals surface area contributed by atoms with Crippen molar-refractivity contribution in [3.8, 4) is 0 Å². The van der Waals surface area contributed by atoms with Gasteiger partial charge in [0.25, 0.3) is 0 Å². The Labute approximate surface area is 286 Å². The lowest BCUT2D eigenvalue weighted by molar-refractivity contribution is -0.203. The molecule has 250 valence electrons. The van der Waals surface area contributed by atoms with E-state index in [0.717, 1.165) is 32.1 Å². The van der Waals surface area contributed by atoms with Gasteiger partial charge in [0.15, 0.2) is 6.29 Å². The highest BCUT2D eigenvalue weighted by Gasteiger charge is 2.44. The van der Waals surface area contributed by atoms with Crippen LogP contribution in [0.1, 0.15) is 45.4 Å². The second-order valence-electron chi connectivity index (χ2n) is 12.8. The van der Waals surface area contributed by atoms with Gasteiger partial charge in [-0.3, -0.25) is 4.79 Å². The molecule has 0 aromatic heterocycles. The maximum Gasteiger partial charge on any atom is 0.347 e. The molecular weight excluding hydrogens is 638 g/mol. The summed E-state index contributed by atoms with van der Waals surface area (Å²) in [6.07, 6.45) is 1.32. The van der Waals surface area contributed by atoms with Crippen LogP contribution in [0.2, 0.25) is 0 Å². The highest BCUT2D eigenvalue weighted by atomic mass is 31.1. The first-order valence-electron chi connectivity index (χ1n) is 17.0. The number of carbonyl (C=O) groups is 2. The van der Waals surface area contributed by atoms with E-state index in [-0.39, 0.29) is 17.2 Å². The predicted octanol–water partition coefficient (Wildman–Crippen LogP) is 6.31. The van der Waals surface area contributed by atoms with Crippen molar-refractivity contribution in [3.63, 3.8) is 0 Å².